The maximum Gasteiger partial charge on any atom is 0.227 e. The van der Waals surface area contributed by atoms with Crippen LogP contribution in [-0.2, 0) is 16.1 Å². The van der Waals surface area contributed by atoms with E-state index < -0.39 is 0 Å². The molecule has 0 atom stereocenters. The Bertz CT molecular complexity index is 674. The predicted molar refractivity (Wildman–Crippen MR) is 85.6 cm³/mol. The number of carbonyl (C=O) groups is 1. The van der Waals surface area contributed by atoms with Crippen molar-refractivity contribution in [3.05, 3.63) is 30.1 Å². The highest BCUT2D eigenvalue weighted by Gasteiger charge is 2.14. The number of thioether (sulfide) groups is 1. The molecule has 1 saturated heterocycles. The van der Waals surface area contributed by atoms with Gasteiger partial charge in [0.2, 0.25) is 5.91 Å². The Morgan fingerprint density at radius 2 is 2.05 bits per heavy atom. The second kappa shape index (κ2) is 7.04. The Kier molecular flexibility index (Phi) is 4.87. The van der Waals surface area contributed by atoms with Gasteiger partial charge in [-0.2, -0.15) is 0 Å². The molecule has 1 aliphatic rings. The first-order chi connectivity index (χ1) is 10.7. The second-order valence-electron chi connectivity index (χ2n) is 5.11. The van der Waals surface area contributed by atoms with Crippen LogP contribution in [0.25, 0.3) is 10.9 Å². The summed E-state index contributed by atoms with van der Waals surface area (Å²) < 4.78 is 5.36. The number of nitrogens with two attached hydrogens (primary N) is 1. The molecule has 1 aromatic heterocycles. The topological polar surface area (TPSA) is 81.3 Å². The summed E-state index contributed by atoms with van der Waals surface area (Å²) in [6, 6.07) is 7.84. The lowest BCUT2D eigenvalue weighted by atomic mass is 10.2. The monoisotopic (exact) mass is 318 g/mol. The second-order valence-corrected chi connectivity index (χ2v) is 6.07. The maximum atomic E-state index is 11.0. The van der Waals surface area contributed by atoms with Crippen LogP contribution < -0.4 is 5.73 Å². The average molecular weight is 318 g/mol. The molecular weight excluding hydrogens is 300 g/mol. The molecule has 3 rings (SSSR count). The van der Waals surface area contributed by atoms with Gasteiger partial charge in [-0.05, 0) is 6.07 Å². The number of nitrogens with zero attached hydrogens (tertiary/aromatic N) is 3. The Morgan fingerprint density at radius 3 is 2.82 bits per heavy atom. The molecule has 0 bridgehead atoms. The Morgan fingerprint density at radius 1 is 1.27 bits per heavy atom. The molecule has 6 nitrogen and oxygen atoms in total. The molecule has 0 aliphatic carbocycles. The first-order valence-electron chi connectivity index (χ1n) is 7.19. The number of para-hydroxylation sites is 1. The van der Waals surface area contributed by atoms with E-state index in [-0.39, 0.29) is 11.7 Å². The molecule has 0 saturated carbocycles. The Hall–Kier alpha value is -1.70. The number of morpholine rings is 1. The third kappa shape index (κ3) is 3.73. The number of benzene rings is 1. The van der Waals surface area contributed by atoms with Crippen LogP contribution in [0, 0.1) is 0 Å². The minimum Gasteiger partial charge on any atom is -0.379 e. The van der Waals surface area contributed by atoms with E-state index in [2.05, 4.69) is 14.9 Å². The summed E-state index contributed by atoms with van der Waals surface area (Å²) in [4.78, 5) is 22.6. The normalized spacial score (nSPS) is 16.0. The largest absolute Gasteiger partial charge is 0.379 e. The number of ether oxygens (including phenoxy) is 1. The Labute approximate surface area is 133 Å². The van der Waals surface area contributed by atoms with E-state index in [0.717, 1.165) is 48.1 Å². The molecule has 1 fully saturated rings. The number of hydrogen-bond acceptors (Lipinski definition) is 6. The van der Waals surface area contributed by atoms with Crippen LogP contribution in [0.5, 0.6) is 0 Å². The maximum absolute atomic E-state index is 11.0. The van der Waals surface area contributed by atoms with E-state index >= 15 is 0 Å². The first kappa shape index (κ1) is 15.2. The highest BCUT2D eigenvalue weighted by molar-refractivity contribution is 8.00. The number of amides is 1. The van der Waals surface area contributed by atoms with Gasteiger partial charge in [0.05, 0.1) is 31.0 Å². The molecule has 0 spiro atoms. The van der Waals surface area contributed by atoms with E-state index in [9.17, 15) is 4.79 Å². The zero-order chi connectivity index (χ0) is 15.4. The van der Waals surface area contributed by atoms with Crippen molar-refractivity contribution in [1.29, 1.82) is 0 Å². The van der Waals surface area contributed by atoms with Gasteiger partial charge in [0, 0.05) is 18.5 Å². The molecule has 2 heterocycles. The van der Waals surface area contributed by atoms with Crippen molar-refractivity contribution in [3.63, 3.8) is 0 Å². The minimum absolute atomic E-state index is 0.220. The summed E-state index contributed by atoms with van der Waals surface area (Å²) in [5.74, 6) is 0.646. The Balaban J connectivity index is 1.87. The van der Waals surface area contributed by atoms with E-state index in [0.29, 0.717) is 6.54 Å². The minimum atomic E-state index is -0.345. The molecule has 0 radical (unpaired) electrons. The molecule has 1 aliphatic heterocycles. The summed E-state index contributed by atoms with van der Waals surface area (Å²) in [6.45, 7) is 3.96. The smallest absolute Gasteiger partial charge is 0.227 e. The van der Waals surface area contributed by atoms with Crippen LogP contribution in [0.1, 0.15) is 5.82 Å². The average Bonchev–Trinajstić information content (AvgIpc) is 2.53. The van der Waals surface area contributed by atoms with Gasteiger partial charge in [0.25, 0.3) is 0 Å². The number of aromatic nitrogens is 2. The van der Waals surface area contributed by atoms with Gasteiger partial charge in [0.15, 0.2) is 0 Å². The van der Waals surface area contributed by atoms with E-state index in [1.165, 1.54) is 11.8 Å². The number of hydrogen-bond donors (Lipinski definition) is 1. The first-order valence-corrected chi connectivity index (χ1v) is 8.18. The molecule has 2 N–H and O–H groups in total. The number of rotatable bonds is 5. The standard InChI is InChI=1S/C15H18N4O2S/c16-13(20)10-22-15-11-3-1-2-4-12(11)17-14(18-15)9-19-5-7-21-8-6-19/h1-4H,5-10H2,(H2,16,20). The number of primary amides is 1. The van der Waals surface area contributed by atoms with Crippen LogP contribution in [0.15, 0.2) is 29.3 Å². The van der Waals surface area contributed by atoms with Crippen LogP contribution in [-0.4, -0.2) is 52.8 Å². The van der Waals surface area contributed by atoms with Crippen molar-refractivity contribution in [2.75, 3.05) is 32.1 Å². The number of carbonyl (C=O) groups excluding carboxylic acids is 1. The lowest BCUT2D eigenvalue weighted by Gasteiger charge is -2.25. The highest BCUT2D eigenvalue weighted by Crippen LogP contribution is 2.25. The van der Waals surface area contributed by atoms with Crippen LogP contribution in [0.2, 0.25) is 0 Å². The van der Waals surface area contributed by atoms with E-state index in [4.69, 9.17) is 10.5 Å². The molecule has 7 heteroatoms. The SMILES string of the molecule is NC(=O)CSc1nc(CN2CCOCC2)nc2ccccc12. The predicted octanol–water partition coefficient (Wildman–Crippen LogP) is 1.04. The molecular formula is C15H18N4O2S. The van der Waals surface area contributed by atoms with Gasteiger partial charge >= 0.3 is 0 Å². The van der Waals surface area contributed by atoms with Crippen molar-refractivity contribution >= 4 is 28.6 Å². The molecule has 1 aromatic carbocycles. The summed E-state index contributed by atoms with van der Waals surface area (Å²) in [5.41, 5.74) is 6.14. The summed E-state index contributed by atoms with van der Waals surface area (Å²) in [5, 5.41) is 1.77. The van der Waals surface area contributed by atoms with Crippen molar-refractivity contribution < 1.29 is 9.53 Å². The van der Waals surface area contributed by atoms with E-state index in [1.807, 2.05) is 24.3 Å². The third-order valence-electron chi connectivity index (χ3n) is 3.43. The molecule has 0 unspecified atom stereocenters. The fraction of sp³-hybridized carbons (Fsp3) is 0.400. The highest BCUT2D eigenvalue weighted by atomic mass is 32.2. The van der Waals surface area contributed by atoms with Crippen molar-refractivity contribution in [2.24, 2.45) is 5.73 Å². The van der Waals surface area contributed by atoms with Crippen molar-refractivity contribution in [1.82, 2.24) is 14.9 Å². The molecule has 116 valence electrons. The summed E-state index contributed by atoms with van der Waals surface area (Å²) in [7, 11) is 0. The van der Waals surface area contributed by atoms with Gasteiger partial charge in [-0.15, -0.1) is 0 Å². The van der Waals surface area contributed by atoms with Crippen LogP contribution in [0.3, 0.4) is 0 Å². The van der Waals surface area contributed by atoms with Crippen molar-refractivity contribution in [2.45, 2.75) is 11.6 Å². The zero-order valence-corrected chi connectivity index (χ0v) is 13.0. The third-order valence-corrected chi connectivity index (χ3v) is 4.45. The molecule has 22 heavy (non-hydrogen) atoms. The van der Waals surface area contributed by atoms with Crippen LogP contribution in [0.4, 0.5) is 0 Å². The molecule has 1 amide bonds. The zero-order valence-electron chi connectivity index (χ0n) is 12.2. The van der Waals surface area contributed by atoms with Gasteiger partial charge < -0.3 is 10.5 Å². The summed E-state index contributed by atoms with van der Waals surface area (Å²) >= 11 is 1.37. The lowest BCUT2D eigenvalue weighted by Crippen LogP contribution is -2.36. The lowest BCUT2D eigenvalue weighted by molar-refractivity contribution is -0.115. The van der Waals surface area contributed by atoms with Gasteiger partial charge in [-0.25, -0.2) is 9.97 Å². The van der Waals surface area contributed by atoms with Gasteiger partial charge in [0.1, 0.15) is 10.9 Å². The fourth-order valence-electron chi connectivity index (χ4n) is 2.37. The van der Waals surface area contributed by atoms with Gasteiger partial charge in [-0.1, -0.05) is 30.0 Å². The van der Waals surface area contributed by atoms with Gasteiger partial charge in [-0.3, -0.25) is 9.69 Å². The van der Waals surface area contributed by atoms with Crippen LogP contribution >= 0.6 is 11.8 Å². The molecule has 2 aromatic rings. The summed E-state index contributed by atoms with van der Waals surface area (Å²) in [6.07, 6.45) is 0. The fourth-order valence-corrected chi connectivity index (χ4v) is 3.15. The quantitative estimate of drug-likeness (QED) is 0.655. The number of fused-ring (bicyclic) bond motifs is 1. The van der Waals surface area contributed by atoms with Crippen molar-refractivity contribution in [3.8, 4) is 0 Å². The van der Waals surface area contributed by atoms with E-state index in [1.54, 1.807) is 0 Å².